The normalized spacial score (nSPS) is 14.8. The Morgan fingerprint density at radius 3 is 1.48 bits per heavy atom. The quantitative estimate of drug-likeness (QED) is 0.436. The summed E-state index contributed by atoms with van der Waals surface area (Å²) >= 11 is 0. The predicted octanol–water partition coefficient (Wildman–Crippen LogP) is 2.43. The van der Waals surface area contributed by atoms with Gasteiger partial charge in [-0.3, -0.25) is 20.2 Å². The Hall–Kier alpha value is -4.08. The molecule has 0 unspecified atom stereocenters. The monoisotopic (exact) mass is 396 g/mol. The second-order valence-corrected chi connectivity index (χ2v) is 6.46. The van der Waals surface area contributed by atoms with Gasteiger partial charge in [-0.05, 0) is 34.4 Å². The number of nitro benzene ring substituents is 2. The van der Waals surface area contributed by atoms with Gasteiger partial charge in [0.05, 0.1) is 40.6 Å². The molecule has 0 aromatic heterocycles. The first kappa shape index (κ1) is 18.3. The molecular formula is C19H12N2O8. The van der Waals surface area contributed by atoms with Crippen LogP contribution in [0.4, 0.5) is 11.4 Å². The van der Waals surface area contributed by atoms with E-state index in [1.165, 1.54) is 36.4 Å². The summed E-state index contributed by atoms with van der Waals surface area (Å²) in [5, 5.41) is 22.6. The van der Waals surface area contributed by atoms with E-state index in [4.69, 9.17) is 9.47 Å². The van der Waals surface area contributed by atoms with Gasteiger partial charge in [-0.25, -0.2) is 9.59 Å². The lowest BCUT2D eigenvalue weighted by Crippen LogP contribution is -2.19. The number of carbonyl (C=O) groups excluding carboxylic acids is 2. The van der Waals surface area contributed by atoms with Crippen molar-refractivity contribution in [3.8, 4) is 11.1 Å². The minimum Gasteiger partial charge on any atom is -0.466 e. The molecule has 29 heavy (non-hydrogen) atoms. The first-order valence-corrected chi connectivity index (χ1v) is 8.29. The van der Waals surface area contributed by atoms with E-state index in [1.54, 1.807) is 0 Å². The molecule has 146 valence electrons. The first-order chi connectivity index (χ1) is 13.8. The van der Waals surface area contributed by atoms with E-state index in [9.17, 15) is 29.8 Å². The molecule has 0 heterocycles. The molecule has 2 aliphatic carbocycles. The van der Waals surface area contributed by atoms with Crippen LogP contribution in [0.15, 0.2) is 47.5 Å². The van der Waals surface area contributed by atoms with Crippen molar-refractivity contribution < 1.29 is 28.9 Å². The number of non-ortho nitro benzene ring substituents is 2. The number of carbonyl (C=O) groups is 2. The highest BCUT2D eigenvalue weighted by molar-refractivity contribution is 6.19. The molecule has 10 nitrogen and oxygen atoms in total. The van der Waals surface area contributed by atoms with Crippen LogP contribution < -0.4 is 0 Å². The Morgan fingerprint density at radius 1 is 0.793 bits per heavy atom. The van der Waals surface area contributed by atoms with E-state index in [1.807, 2.05) is 0 Å². The SMILES string of the molecule is COC(=O)C1=C(C(=O)OC)C12c1cc([N+](=O)[O-])ccc1-c1ccc([N+](=O)[O-])cc12. The highest BCUT2D eigenvalue weighted by Crippen LogP contribution is 2.67. The van der Waals surface area contributed by atoms with Crippen molar-refractivity contribution in [1.82, 2.24) is 0 Å². The van der Waals surface area contributed by atoms with Crippen LogP contribution in [0.5, 0.6) is 0 Å². The Labute approximate surface area is 162 Å². The third-order valence-corrected chi connectivity index (χ3v) is 5.24. The Kier molecular flexibility index (Phi) is 3.76. The largest absolute Gasteiger partial charge is 0.466 e. The summed E-state index contributed by atoms with van der Waals surface area (Å²) in [5.41, 5.74) is -0.395. The molecule has 0 bridgehead atoms. The highest BCUT2D eigenvalue weighted by atomic mass is 16.6. The van der Waals surface area contributed by atoms with Crippen LogP contribution in [0.3, 0.4) is 0 Å². The Balaban J connectivity index is 2.06. The van der Waals surface area contributed by atoms with Gasteiger partial charge in [-0.1, -0.05) is 0 Å². The molecule has 0 atom stereocenters. The van der Waals surface area contributed by atoms with Crippen LogP contribution in [0.25, 0.3) is 11.1 Å². The van der Waals surface area contributed by atoms with Gasteiger partial charge in [0, 0.05) is 24.3 Å². The lowest BCUT2D eigenvalue weighted by molar-refractivity contribution is -0.385. The maximum absolute atomic E-state index is 12.5. The molecule has 2 aromatic carbocycles. The molecule has 0 fully saturated rings. The smallest absolute Gasteiger partial charge is 0.335 e. The molecular weight excluding hydrogens is 384 g/mol. The van der Waals surface area contributed by atoms with Gasteiger partial charge in [-0.15, -0.1) is 0 Å². The molecule has 4 rings (SSSR count). The lowest BCUT2D eigenvalue weighted by Gasteiger charge is -2.16. The number of hydrogen-bond acceptors (Lipinski definition) is 8. The maximum atomic E-state index is 12.5. The molecule has 2 aliphatic rings. The maximum Gasteiger partial charge on any atom is 0.335 e. The van der Waals surface area contributed by atoms with E-state index < -0.39 is 27.2 Å². The summed E-state index contributed by atoms with van der Waals surface area (Å²) in [4.78, 5) is 46.4. The van der Waals surface area contributed by atoms with Crippen molar-refractivity contribution in [1.29, 1.82) is 0 Å². The molecule has 10 heteroatoms. The zero-order valence-electron chi connectivity index (χ0n) is 15.1. The molecule has 2 aromatic rings. The second kappa shape index (κ2) is 5.96. The van der Waals surface area contributed by atoms with Crippen LogP contribution in [-0.4, -0.2) is 36.0 Å². The number of ether oxygens (including phenoxy) is 2. The van der Waals surface area contributed by atoms with Crippen molar-refractivity contribution in [3.63, 3.8) is 0 Å². The third kappa shape index (κ3) is 2.22. The standard InChI is InChI=1S/C19H12N2O8/c1-28-17(22)15-16(18(23)29-2)19(15)13-7-9(20(24)25)3-5-11(13)12-6-4-10(21(26)27)8-14(12)19/h3-8H,1-2H3. The summed E-state index contributed by atoms with van der Waals surface area (Å²) in [6, 6.07) is 8.10. The van der Waals surface area contributed by atoms with E-state index in [-0.39, 0.29) is 22.5 Å². The number of rotatable bonds is 4. The van der Waals surface area contributed by atoms with Crippen LogP contribution in [-0.2, 0) is 24.5 Å². The fraction of sp³-hybridized carbons (Fsp3) is 0.158. The van der Waals surface area contributed by atoms with E-state index in [0.717, 1.165) is 14.2 Å². The van der Waals surface area contributed by atoms with Gasteiger partial charge in [0.25, 0.3) is 11.4 Å². The fourth-order valence-corrected chi connectivity index (χ4v) is 4.06. The Bertz CT molecular complexity index is 1090. The highest BCUT2D eigenvalue weighted by Gasteiger charge is 2.67. The summed E-state index contributed by atoms with van der Waals surface area (Å²) < 4.78 is 9.60. The van der Waals surface area contributed by atoms with E-state index in [0.29, 0.717) is 22.3 Å². The van der Waals surface area contributed by atoms with Gasteiger partial charge >= 0.3 is 11.9 Å². The van der Waals surface area contributed by atoms with E-state index >= 15 is 0 Å². The van der Waals surface area contributed by atoms with Crippen molar-refractivity contribution in [3.05, 3.63) is 78.9 Å². The van der Waals surface area contributed by atoms with Crippen molar-refractivity contribution >= 4 is 23.3 Å². The zero-order chi connectivity index (χ0) is 21.1. The number of fused-ring (bicyclic) bond motifs is 5. The number of methoxy groups -OCH3 is 2. The van der Waals surface area contributed by atoms with E-state index in [2.05, 4.69) is 0 Å². The summed E-state index contributed by atoms with van der Waals surface area (Å²) in [5.74, 6) is -1.63. The van der Waals surface area contributed by atoms with Gasteiger partial charge in [0.15, 0.2) is 0 Å². The number of nitrogens with zero attached hydrogens (tertiary/aromatic N) is 2. The van der Waals surface area contributed by atoms with Crippen molar-refractivity contribution in [2.24, 2.45) is 0 Å². The number of nitro groups is 2. The third-order valence-electron chi connectivity index (χ3n) is 5.24. The summed E-state index contributed by atoms with van der Waals surface area (Å²) in [7, 11) is 2.27. The number of benzene rings is 2. The van der Waals surface area contributed by atoms with Crippen molar-refractivity contribution in [2.75, 3.05) is 14.2 Å². The predicted molar refractivity (Wildman–Crippen MR) is 97.0 cm³/mol. The van der Waals surface area contributed by atoms with Gasteiger partial charge in [0.2, 0.25) is 0 Å². The summed E-state index contributed by atoms with van der Waals surface area (Å²) in [6.07, 6.45) is 0. The van der Waals surface area contributed by atoms with Crippen LogP contribution in [0, 0.1) is 20.2 Å². The molecule has 0 N–H and O–H groups in total. The molecule has 0 amide bonds. The minimum atomic E-state index is -1.48. The van der Waals surface area contributed by atoms with Crippen molar-refractivity contribution in [2.45, 2.75) is 5.41 Å². The molecule has 0 saturated carbocycles. The fourth-order valence-electron chi connectivity index (χ4n) is 4.06. The van der Waals surface area contributed by atoms with Crippen LogP contribution in [0.1, 0.15) is 11.1 Å². The zero-order valence-corrected chi connectivity index (χ0v) is 15.1. The van der Waals surface area contributed by atoms with Gasteiger partial charge in [-0.2, -0.15) is 0 Å². The number of hydrogen-bond donors (Lipinski definition) is 0. The Morgan fingerprint density at radius 2 is 1.17 bits per heavy atom. The molecule has 0 radical (unpaired) electrons. The topological polar surface area (TPSA) is 139 Å². The van der Waals surface area contributed by atoms with Crippen LogP contribution >= 0.6 is 0 Å². The first-order valence-electron chi connectivity index (χ1n) is 8.29. The number of esters is 2. The molecule has 0 saturated heterocycles. The summed E-state index contributed by atoms with van der Waals surface area (Å²) in [6.45, 7) is 0. The molecule has 1 spiro atoms. The average molecular weight is 396 g/mol. The lowest BCUT2D eigenvalue weighted by atomic mass is 9.85. The van der Waals surface area contributed by atoms with Gasteiger partial charge in [0.1, 0.15) is 0 Å². The molecule has 0 aliphatic heterocycles. The average Bonchev–Trinajstić information content (AvgIpc) is 3.34. The minimum absolute atomic E-state index is 0.0483. The van der Waals surface area contributed by atoms with Crippen LogP contribution in [0.2, 0.25) is 0 Å². The second-order valence-electron chi connectivity index (χ2n) is 6.46. The van der Waals surface area contributed by atoms with Gasteiger partial charge < -0.3 is 9.47 Å².